The van der Waals surface area contributed by atoms with E-state index in [0.717, 1.165) is 11.3 Å². The smallest absolute Gasteiger partial charge is 0.338 e. The number of amides is 1. The summed E-state index contributed by atoms with van der Waals surface area (Å²) in [4.78, 5) is 31.1. The highest BCUT2D eigenvalue weighted by molar-refractivity contribution is 8.15. The molecule has 0 saturated carbocycles. The van der Waals surface area contributed by atoms with Crippen LogP contribution in [0.25, 0.3) is 0 Å². The van der Waals surface area contributed by atoms with Crippen LogP contribution in [0.5, 0.6) is 5.75 Å². The van der Waals surface area contributed by atoms with Crippen molar-refractivity contribution in [2.75, 3.05) is 13.7 Å². The Morgan fingerprint density at radius 2 is 2.00 bits per heavy atom. The zero-order valence-corrected chi connectivity index (χ0v) is 15.4. The highest BCUT2D eigenvalue weighted by atomic mass is 32.2. The van der Waals surface area contributed by atoms with Crippen LogP contribution in [0, 0.1) is 0 Å². The number of carbonyl (C=O) groups excluding carboxylic acids is 2. The second-order valence-corrected chi connectivity index (χ2v) is 7.07. The van der Waals surface area contributed by atoms with Crippen molar-refractivity contribution in [3.05, 3.63) is 41.1 Å². The second kappa shape index (κ2) is 6.92. The summed E-state index contributed by atoms with van der Waals surface area (Å²) in [5.74, 6) is 0.208. The molecule has 1 amide bonds. The van der Waals surface area contributed by atoms with E-state index in [1.165, 1.54) is 18.9 Å². The molecule has 7 heteroatoms. The van der Waals surface area contributed by atoms with Crippen LogP contribution in [-0.4, -0.2) is 40.9 Å². The van der Waals surface area contributed by atoms with Crippen molar-refractivity contribution in [1.29, 1.82) is 0 Å². The molecule has 2 unspecified atom stereocenters. The van der Waals surface area contributed by atoms with E-state index in [2.05, 4.69) is 4.99 Å². The molecule has 1 aromatic rings. The van der Waals surface area contributed by atoms with Gasteiger partial charge >= 0.3 is 5.97 Å². The number of amidine groups is 1. The zero-order chi connectivity index (χ0) is 18.1. The van der Waals surface area contributed by atoms with Gasteiger partial charge in [0.1, 0.15) is 5.75 Å². The summed E-state index contributed by atoms with van der Waals surface area (Å²) in [5.41, 5.74) is 1.78. The first-order chi connectivity index (χ1) is 12.0. The quantitative estimate of drug-likeness (QED) is 0.772. The van der Waals surface area contributed by atoms with Gasteiger partial charge < -0.3 is 9.47 Å². The number of hydrogen-bond donors (Lipinski definition) is 0. The third kappa shape index (κ3) is 3.04. The van der Waals surface area contributed by atoms with Gasteiger partial charge in [-0.05, 0) is 38.5 Å². The summed E-state index contributed by atoms with van der Waals surface area (Å²) in [6, 6.07) is 6.88. The van der Waals surface area contributed by atoms with Crippen molar-refractivity contribution >= 4 is 28.8 Å². The van der Waals surface area contributed by atoms with Crippen LogP contribution in [0.2, 0.25) is 0 Å². The fourth-order valence-electron chi connectivity index (χ4n) is 3.00. The van der Waals surface area contributed by atoms with Gasteiger partial charge in [0.05, 0.1) is 36.3 Å². The fraction of sp³-hybridized carbons (Fsp3) is 0.389. The Morgan fingerprint density at radius 3 is 2.60 bits per heavy atom. The number of benzene rings is 1. The first-order valence-electron chi connectivity index (χ1n) is 8.08. The molecular weight excluding hydrogens is 340 g/mol. The zero-order valence-electron chi connectivity index (χ0n) is 14.6. The molecule has 0 bridgehead atoms. The Hall–Kier alpha value is -2.28. The second-order valence-electron chi connectivity index (χ2n) is 5.76. The Labute approximate surface area is 150 Å². The van der Waals surface area contributed by atoms with Gasteiger partial charge in [0, 0.05) is 0 Å². The number of methoxy groups -OCH3 is 1. The van der Waals surface area contributed by atoms with Crippen LogP contribution in [0.3, 0.4) is 0 Å². The molecule has 0 spiro atoms. The molecule has 0 radical (unpaired) electrons. The van der Waals surface area contributed by atoms with Crippen molar-refractivity contribution in [3.63, 3.8) is 0 Å². The lowest BCUT2D eigenvalue weighted by Crippen LogP contribution is -2.40. The van der Waals surface area contributed by atoms with Crippen LogP contribution < -0.4 is 4.74 Å². The Kier molecular flexibility index (Phi) is 4.85. The standard InChI is InChI=1S/C18H20N2O4S/c1-5-24-13-8-6-12(7-9-13)15-14(17(22)23-4)10(2)19-18-20(15)16(21)11(3)25-18/h6-9,11,15H,5H2,1-4H3. The summed E-state index contributed by atoms with van der Waals surface area (Å²) in [6.45, 7) is 6.11. The molecule has 0 aliphatic carbocycles. The first kappa shape index (κ1) is 17.5. The van der Waals surface area contributed by atoms with Gasteiger partial charge in [0.15, 0.2) is 5.17 Å². The number of ether oxygens (including phenoxy) is 2. The van der Waals surface area contributed by atoms with E-state index in [9.17, 15) is 9.59 Å². The highest BCUT2D eigenvalue weighted by Crippen LogP contribution is 2.43. The number of aliphatic imine (C=N–C) groups is 1. The number of fused-ring (bicyclic) bond motifs is 1. The molecule has 1 fully saturated rings. The summed E-state index contributed by atoms with van der Waals surface area (Å²) in [7, 11) is 1.33. The maximum Gasteiger partial charge on any atom is 0.338 e. The van der Waals surface area contributed by atoms with Crippen LogP contribution in [0.15, 0.2) is 40.5 Å². The minimum Gasteiger partial charge on any atom is -0.494 e. The molecule has 2 heterocycles. The predicted octanol–water partition coefficient (Wildman–Crippen LogP) is 2.91. The normalized spacial score (nSPS) is 22.6. The average molecular weight is 360 g/mol. The van der Waals surface area contributed by atoms with E-state index in [0.29, 0.717) is 23.0 Å². The molecular formula is C18H20N2O4S. The summed E-state index contributed by atoms with van der Waals surface area (Å²) < 4.78 is 10.4. The van der Waals surface area contributed by atoms with Crippen LogP contribution in [0.1, 0.15) is 32.4 Å². The molecule has 2 aliphatic heterocycles. The van der Waals surface area contributed by atoms with Crippen molar-refractivity contribution in [1.82, 2.24) is 4.90 Å². The number of thioether (sulfide) groups is 1. The third-order valence-corrected chi connectivity index (χ3v) is 5.22. The fourth-order valence-corrected chi connectivity index (χ4v) is 4.03. The Morgan fingerprint density at radius 1 is 1.32 bits per heavy atom. The largest absolute Gasteiger partial charge is 0.494 e. The van der Waals surface area contributed by atoms with Gasteiger partial charge in [-0.15, -0.1) is 0 Å². The molecule has 132 valence electrons. The van der Waals surface area contributed by atoms with Gasteiger partial charge in [0.2, 0.25) is 5.91 Å². The van der Waals surface area contributed by atoms with Crippen molar-refractivity contribution in [3.8, 4) is 5.75 Å². The average Bonchev–Trinajstić information content (AvgIpc) is 2.88. The van der Waals surface area contributed by atoms with Crippen molar-refractivity contribution < 1.29 is 19.1 Å². The number of esters is 1. The number of carbonyl (C=O) groups is 2. The van der Waals surface area contributed by atoms with Gasteiger partial charge in [-0.25, -0.2) is 9.79 Å². The number of allylic oxidation sites excluding steroid dienone is 1. The third-order valence-electron chi connectivity index (χ3n) is 4.17. The molecule has 0 N–H and O–H groups in total. The monoisotopic (exact) mass is 360 g/mol. The molecule has 2 atom stereocenters. The van der Waals surface area contributed by atoms with E-state index in [4.69, 9.17) is 9.47 Å². The molecule has 1 saturated heterocycles. The maximum atomic E-state index is 12.7. The maximum absolute atomic E-state index is 12.7. The number of nitrogens with zero attached hydrogens (tertiary/aromatic N) is 2. The molecule has 2 aliphatic rings. The molecule has 3 rings (SSSR count). The lowest BCUT2D eigenvalue weighted by molar-refractivity contribution is -0.137. The summed E-state index contributed by atoms with van der Waals surface area (Å²) >= 11 is 1.41. The predicted molar refractivity (Wildman–Crippen MR) is 96.4 cm³/mol. The summed E-state index contributed by atoms with van der Waals surface area (Å²) in [6.07, 6.45) is 0. The lowest BCUT2D eigenvalue weighted by atomic mass is 9.94. The van der Waals surface area contributed by atoms with Crippen LogP contribution in [0.4, 0.5) is 0 Å². The first-order valence-corrected chi connectivity index (χ1v) is 8.96. The van der Waals surface area contributed by atoms with Crippen LogP contribution >= 0.6 is 11.8 Å². The lowest BCUT2D eigenvalue weighted by Gasteiger charge is -2.32. The van der Waals surface area contributed by atoms with E-state index < -0.39 is 12.0 Å². The van der Waals surface area contributed by atoms with Gasteiger partial charge in [-0.3, -0.25) is 9.69 Å². The molecule has 25 heavy (non-hydrogen) atoms. The molecule has 6 nitrogen and oxygen atoms in total. The highest BCUT2D eigenvalue weighted by Gasteiger charge is 2.46. The van der Waals surface area contributed by atoms with E-state index in [1.54, 1.807) is 11.8 Å². The van der Waals surface area contributed by atoms with Crippen molar-refractivity contribution in [2.45, 2.75) is 32.1 Å². The molecule has 0 aromatic heterocycles. The Bertz CT molecular complexity index is 770. The number of hydrogen-bond acceptors (Lipinski definition) is 6. The summed E-state index contributed by atoms with van der Waals surface area (Å²) in [5, 5.41) is 0.398. The molecule has 1 aromatic carbocycles. The van der Waals surface area contributed by atoms with E-state index in [1.807, 2.05) is 38.1 Å². The van der Waals surface area contributed by atoms with Crippen LogP contribution in [-0.2, 0) is 14.3 Å². The SMILES string of the molecule is CCOc1ccc(C2C(C(=O)OC)=C(C)N=C3SC(C)C(=O)N32)cc1. The van der Waals surface area contributed by atoms with Gasteiger partial charge in [-0.2, -0.15) is 0 Å². The number of rotatable bonds is 4. The Balaban J connectivity index is 2.09. The topological polar surface area (TPSA) is 68.2 Å². The van der Waals surface area contributed by atoms with Crippen molar-refractivity contribution in [2.24, 2.45) is 4.99 Å². The van der Waals surface area contributed by atoms with E-state index in [-0.39, 0.29) is 11.2 Å². The minimum absolute atomic E-state index is 0.0588. The van der Waals surface area contributed by atoms with E-state index >= 15 is 0 Å². The van der Waals surface area contributed by atoms with Gasteiger partial charge in [0.25, 0.3) is 0 Å². The van der Waals surface area contributed by atoms with Gasteiger partial charge in [-0.1, -0.05) is 23.9 Å². The minimum atomic E-state index is -0.541.